The summed E-state index contributed by atoms with van der Waals surface area (Å²) in [5, 5.41) is 10.1. The Morgan fingerprint density at radius 1 is 1.15 bits per heavy atom. The van der Waals surface area contributed by atoms with Crippen molar-refractivity contribution in [3.63, 3.8) is 0 Å². The Morgan fingerprint density at radius 3 is 2.52 bits per heavy atom. The van der Waals surface area contributed by atoms with E-state index in [0.717, 1.165) is 13.0 Å². The largest absolute Gasteiger partial charge is 0.457 e. The van der Waals surface area contributed by atoms with Gasteiger partial charge < -0.3 is 20.1 Å². The van der Waals surface area contributed by atoms with Crippen molar-refractivity contribution in [2.45, 2.75) is 57.8 Å². The summed E-state index contributed by atoms with van der Waals surface area (Å²) >= 11 is 0. The summed E-state index contributed by atoms with van der Waals surface area (Å²) in [5.41, 5.74) is 6.86. The van der Waals surface area contributed by atoms with Gasteiger partial charge in [-0.1, -0.05) is 25.1 Å². The maximum atomic E-state index is 14.1. The minimum Gasteiger partial charge on any atom is -0.457 e. The number of rotatable bonds is 10. The predicted molar refractivity (Wildman–Crippen MR) is 174 cm³/mol. The number of hydrogen-bond acceptors (Lipinski definition) is 9. The van der Waals surface area contributed by atoms with Gasteiger partial charge in [-0.05, 0) is 75.7 Å². The zero-order valence-corrected chi connectivity index (χ0v) is 26.3. The molecule has 2 aromatic carbocycles. The van der Waals surface area contributed by atoms with Gasteiger partial charge in [0.15, 0.2) is 11.5 Å². The van der Waals surface area contributed by atoms with Crippen LogP contribution < -0.4 is 16.2 Å². The number of likely N-dealkylation sites (N-methyl/N-ethyl adjacent to an activating group) is 1. The molecule has 2 aromatic heterocycles. The number of nitrogens with two attached hydrogens (primary N) is 1. The number of carbonyl (C=O) groups excluding carboxylic acids is 1. The Bertz CT molecular complexity index is 1850. The second-order valence-electron chi connectivity index (χ2n) is 12.2. The topological polar surface area (TPSA) is 145 Å². The van der Waals surface area contributed by atoms with E-state index in [9.17, 15) is 14.9 Å². The normalized spacial score (nSPS) is 17.3. The maximum absolute atomic E-state index is 14.1. The lowest BCUT2D eigenvalue weighted by atomic mass is 9.95. The molecule has 0 spiro atoms. The molecule has 46 heavy (non-hydrogen) atoms. The molecule has 12 heteroatoms. The molecule has 6 rings (SSSR count). The van der Waals surface area contributed by atoms with E-state index in [2.05, 4.69) is 27.9 Å². The van der Waals surface area contributed by atoms with Crippen LogP contribution in [0.1, 0.15) is 33.6 Å². The monoisotopic (exact) mass is 622 g/mol. The van der Waals surface area contributed by atoms with Crippen molar-refractivity contribution in [1.29, 1.82) is 5.26 Å². The van der Waals surface area contributed by atoms with Crippen molar-refractivity contribution in [1.82, 2.24) is 28.9 Å². The molecular weight excluding hydrogens is 584 g/mol. The fourth-order valence-corrected chi connectivity index (χ4v) is 6.57. The van der Waals surface area contributed by atoms with Crippen molar-refractivity contribution in [2.24, 2.45) is 0 Å². The van der Waals surface area contributed by atoms with Gasteiger partial charge in [0.1, 0.15) is 35.0 Å². The van der Waals surface area contributed by atoms with Crippen LogP contribution in [0.4, 0.5) is 5.82 Å². The number of para-hydroxylation sites is 1. The minimum absolute atomic E-state index is 0.0924. The van der Waals surface area contributed by atoms with Gasteiger partial charge in [-0.2, -0.15) is 5.26 Å². The fourth-order valence-electron chi connectivity index (χ4n) is 6.57. The number of ether oxygens (including phenoxy) is 2. The predicted octanol–water partition coefficient (Wildman–Crippen LogP) is 3.90. The van der Waals surface area contributed by atoms with E-state index in [0.29, 0.717) is 54.5 Å². The number of amides is 1. The Labute approximate surface area is 267 Å². The highest BCUT2D eigenvalue weighted by Gasteiger charge is 2.37. The number of likely N-dealkylation sites (tertiary alicyclic amines) is 1. The number of nitriles is 1. The van der Waals surface area contributed by atoms with Gasteiger partial charge >= 0.3 is 5.69 Å². The van der Waals surface area contributed by atoms with Crippen molar-refractivity contribution in [3.8, 4) is 23.3 Å². The second-order valence-corrected chi connectivity index (χ2v) is 12.2. The van der Waals surface area contributed by atoms with Crippen LogP contribution in [0.5, 0.6) is 11.5 Å². The summed E-state index contributed by atoms with van der Waals surface area (Å²) in [5.74, 6) is 1.15. The average Bonchev–Trinajstić information content (AvgIpc) is 3.61. The molecule has 4 heterocycles. The molecule has 2 fully saturated rings. The maximum Gasteiger partial charge on any atom is 0.335 e. The summed E-state index contributed by atoms with van der Waals surface area (Å²) < 4.78 is 14.4. The molecule has 0 saturated carbocycles. The first-order valence-corrected chi connectivity index (χ1v) is 15.5. The van der Waals surface area contributed by atoms with E-state index in [-0.39, 0.29) is 41.6 Å². The summed E-state index contributed by atoms with van der Waals surface area (Å²) in [6.07, 6.45) is 4.53. The molecule has 2 aliphatic rings. The zero-order chi connectivity index (χ0) is 32.4. The number of anilines is 1. The number of nitrogens with zero attached hydrogens (tertiary/aromatic N) is 7. The summed E-state index contributed by atoms with van der Waals surface area (Å²) in [7, 11) is 0. The Balaban J connectivity index is 1.29. The van der Waals surface area contributed by atoms with E-state index in [1.807, 2.05) is 44.2 Å². The lowest BCUT2D eigenvalue weighted by Gasteiger charge is -2.45. The van der Waals surface area contributed by atoms with Gasteiger partial charge in [0.25, 0.3) is 5.91 Å². The minimum atomic E-state index is -0.528. The zero-order valence-electron chi connectivity index (χ0n) is 26.3. The lowest BCUT2D eigenvalue weighted by molar-refractivity contribution is -0.127. The highest BCUT2D eigenvalue weighted by atomic mass is 16.5. The molecule has 1 atom stereocenters. The average molecular weight is 623 g/mol. The van der Waals surface area contributed by atoms with Crippen molar-refractivity contribution in [3.05, 3.63) is 83.1 Å². The number of fused-ring (bicyclic) bond motifs is 1. The van der Waals surface area contributed by atoms with Crippen molar-refractivity contribution < 1.29 is 14.3 Å². The Kier molecular flexibility index (Phi) is 8.62. The molecule has 2 N–H and O–H groups in total. The van der Waals surface area contributed by atoms with Crippen LogP contribution >= 0.6 is 0 Å². The molecule has 0 radical (unpaired) electrons. The highest BCUT2D eigenvalue weighted by Crippen LogP contribution is 2.29. The van der Waals surface area contributed by atoms with Crippen molar-refractivity contribution >= 4 is 22.9 Å². The van der Waals surface area contributed by atoms with Crippen molar-refractivity contribution in [2.75, 3.05) is 32.0 Å². The molecular formula is C34H38N8O4. The third-order valence-corrected chi connectivity index (χ3v) is 8.83. The number of carbonyl (C=O) groups is 1. The third-order valence-electron chi connectivity index (χ3n) is 8.83. The van der Waals surface area contributed by atoms with Crippen LogP contribution in [0, 0.1) is 11.3 Å². The molecule has 1 amide bonds. The van der Waals surface area contributed by atoms with Crippen LogP contribution in [-0.2, 0) is 16.1 Å². The molecule has 12 nitrogen and oxygen atoms in total. The summed E-state index contributed by atoms with van der Waals surface area (Å²) in [6.45, 7) is 8.81. The van der Waals surface area contributed by atoms with Gasteiger partial charge in [0.05, 0.1) is 31.0 Å². The van der Waals surface area contributed by atoms with Crippen LogP contribution in [0.15, 0.2) is 77.4 Å². The lowest BCUT2D eigenvalue weighted by Crippen LogP contribution is -2.57. The molecule has 0 bridgehead atoms. The first-order valence-electron chi connectivity index (χ1n) is 15.5. The van der Waals surface area contributed by atoms with E-state index >= 15 is 0 Å². The molecule has 2 saturated heterocycles. The van der Waals surface area contributed by atoms with Gasteiger partial charge in [-0.3, -0.25) is 18.8 Å². The van der Waals surface area contributed by atoms with Crippen LogP contribution in [0.25, 0.3) is 16.9 Å². The first-order chi connectivity index (χ1) is 22.2. The molecule has 2 aliphatic heterocycles. The third kappa shape index (κ3) is 5.87. The Morgan fingerprint density at radius 2 is 1.87 bits per heavy atom. The SMILES string of the molecule is CCN(C1COC1)C(C)(C)C=C(C#N)C(=O)N1CCCC1Cn1c(=O)n(-c2ccc(Oc3ccccc3)cc2)c2c(N)ncnc21. The summed E-state index contributed by atoms with van der Waals surface area (Å²) in [6, 6.07) is 18.6. The quantitative estimate of drug-likeness (QED) is 0.206. The first kappa shape index (κ1) is 31.0. The number of aromatic nitrogens is 4. The highest BCUT2D eigenvalue weighted by molar-refractivity contribution is 5.97. The standard InChI is InChI=1S/C34H38N8O4/c1-4-41(26-20-45-21-26)34(2,3)17-23(18-35)32(43)39-16-8-9-25(39)19-40-31-29(30(36)37-22-38-31)42(33(40)44)24-12-14-28(15-13-24)46-27-10-6-5-7-11-27/h5-7,10-15,17,22,25-26H,4,8-9,16,19-21H2,1-3H3,(H2,36,37,38). The summed E-state index contributed by atoms with van der Waals surface area (Å²) in [4.78, 5) is 40.5. The molecule has 238 valence electrons. The van der Waals surface area contributed by atoms with E-state index in [1.54, 1.807) is 39.8 Å². The second kappa shape index (κ2) is 12.8. The van der Waals surface area contributed by atoms with Crippen LogP contribution in [0.2, 0.25) is 0 Å². The van der Waals surface area contributed by atoms with Gasteiger partial charge in [-0.25, -0.2) is 14.8 Å². The van der Waals surface area contributed by atoms with E-state index < -0.39 is 5.54 Å². The fraction of sp³-hybridized carbons (Fsp3) is 0.382. The number of hydrogen-bond donors (Lipinski definition) is 1. The number of benzene rings is 2. The number of nitrogen functional groups attached to an aromatic ring is 1. The molecule has 4 aromatic rings. The van der Waals surface area contributed by atoms with Crippen LogP contribution in [0.3, 0.4) is 0 Å². The molecule has 0 aliphatic carbocycles. The van der Waals surface area contributed by atoms with Gasteiger partial charge in [0.2, 0.25) is 0 Å². The smallest absolute Gasteiger partial charge is 0.335 e. The van der Waals surface area contributed by atoms with E-state index in [4.69, 9.17) is 15.2 Å². The number of imidazole rings is 1. The van der Waals surface area contributed by atoms with Crippen LogP contribution in [-0.4, -0.2) is 78.7 Å². The molecule has 1 unspecified atom stereocenters. The Hall–Kier alpha value is -4.99. The van der Waals surface area contributed by atoms with E-state index in [1.165, 1.54) is 10.9 Å². The van der Waals surface area contributed by atoms with Gasteiger partial charge in [0, 0.05) is 18.6 Å². The van der Waals surface area contributed by atoms with Gasteiger partial charge in [-0.15, -0.1) is 0 Å².